The van der Waals surface area contributed by atoms with Gasteiger partial charge in [-0.1, -0.05) is 22.9 Å². The molecule has 0 amide bonds. The Labute approximate surface area is 147 Å². The molecule has 1 aliphatic rings. The lowest BCUT2D eigenvalue weighted by molar-refractivity contribution is -0.138. The van der Waals surface area contributed by atoms with Crippen LogP contribution in [0, 0.1) is 18.8 Å². The summed E-state index contributed by atoms with van der Waals surface area (Å²) in [5.41, 5.74) is 1.18. The van der Waals surface area contributed by atoms with Crippen molar-refractivity contribution >= 4 is 21.9 Å². The SMILES string of the molecule is Cc1cc(OC[C@@H](C)CC2CCN(CC(=O)O)CC2)ccc1Br. The molecule has 1 saturated heterocycles. The summed E-state index contributed by atoms with van der Waals surface area (Å²) in [7, 11) is 0. The number of hydrogen-bond acceptors (Lipinski definition) is 3. The highest BCUT2D eigenvalue weighted by atomic mass is 79.9. The van der Waals surface area contributed by atoms with Crippen molar-refractivity contribution in [2.45, 2.75) is 33.1 Å². The van der Waals surface area contributed by atoms with Gasteiger partial charge in [0.05, 0.1) is 13.2 Å². The molecule has 1 atom stereocenters. The van der Waals surface area contributed by atoms with Gasteiger partial charge in [0.15, 0.2) is 0 Å². The normalized spacial score (nSPS) is 17.9. The van der Waals surface area contributed by atoms with Crippen molar-refractivity contribution in [1.82, 2.24) is 4.90 Å². The van der Waals surface area contributed by atoms with Crippen LogP contribution >= 0.6 is 15.9 Å². The average Bonchev–Trinajstić information content (AvgIpc) is 2.50. The predicted octanol–water partition coefficient (Wildman–Crippen LogP) is 3.96. The summed E-state index contributed by atoms with van der Waals surface area (Å²) in [6.07, 6.45) is 3.33. The van der Waals surface area contributed by atoms with Crippen LogP contribution in [0.2, 0.25) is 0 Å². The van der Waals surface area contributed by atoms with Crippen LogP contribution in [0.5, 0.6) is 5.75 Å². The number of ether oxygens (including phenoxy) is 1. The molecule has 128 valence electrons. The Morgan fingerprint density at radius 1 is 1.43 bits per heavy atom. The van der Waals surface area contributed by atoms with Gasteiger partial charge < -0.3 is 9.84 Å². The van der Waals surface area contributed by atoms with Crippen molar-refractivity contribution in [1.29, 1.82) is 0 Å². The summed E-state index contributed by atoms with van der Waals surface area (Å²) in [6, 6.07) is 6.07. The van der Waals surface area contributed by atoms with Crippen LogP contribution in [0.1, 0.15) is 31.7 Å². The highest BCUT2D eigenvalue weighted by Crippen LogP contribution is 2.26. The Balaban J connectivity index is 1.70. The Kier molecular flexibility index (Phi) is 6.90. The summed E-state index contributed by atoms with van der Waals surface area (Å²) in [6.45, 7) is 7.00. The second-order valence-corrected chi connectivity index (χ2v) is 7.53. The first-order valence-corrected chi connectivity index (χ1v) is 9.06. The van der Waals surface area contributed by atoms with Crippen LogP contribution < -0.4 is 4.74 Å². The van der Waals surface area contributed by atoms with E-state index >= 15 is 0 Å². The highest BCUT2D eigenvalue weighted by Gasteiger charge is 2.22. The molecule has 1 fully saturated rings. The van der Waals surface area contributed by atoms with Crippen molar-refractivity contribution in [2.24, 2.45) is 11.8 Å². The standard InChI is InChI=1S/C18H26BrNO3/c1-13(12-23-16-3-4-17(19)14(2)10-16)9-15-5-7-20(8-6-15)11-18(21)22/h3-4,10,13,15H,5-9,11-12H2,1-2H3,(H,21,22)/t13-/m0/s1. The van der Waals surface area contributed by atoms with Crippen LogP contribution in [0.4, 0.5) is 0 Å². The fraction of sp³-hybridized carbons (Fsp3) is 0.611. The molecular formula is C18H26BrNO3. The summed E-state index contributed by atoms with van der Waals surface area (Å²) < 4.78 is 7.01. The first-order chi connectivity index (χ1) is 10.9. The van der Waals surface area contributed by atoms with Gasteiger partial charge in [0, 0.05) is 4.47 Å². The zero-order valence-electron chi connectivity index (χ0n) is 13.9. The fourth-order valence-electron chi connectivity index (χ4n) is 3.15. The van der Waals surface area contributed by atoms with Gasteiger partial charge in [-0.2, -0.15) is 0 Å². The molecule has 0 spiro atoms. The number of benzene rings is 1. The van der Waals surface area contributed by atoms with Crippen LogP contribution in [0.15, 0.2) is 22.7 Å². The van der Waals surface area contributed by atoms with Crippen LogP contribution in [-0.4, -0.2) is 42.2 Å². The minimum absolute atomic E-state index is 0.175. The largest absolute Gasteiger partial charge is 0.493 e. The first kappa shape index (κ1) is 18.3. The van der Waals surface area contributed by atoms with Crippen LogP contribution in [0.3, 0.4) is 0 Å². The lowest BCUT2D eigenvalue weighted by Crippen LogP contribution is -2.37. The molecule has 23 heavy (non-hydrogen) atoms. The molecule has 1 aromatic rings. The van der Waals surface area contributed by atoms with E-state index in [1.165, 1.54) is 5.56 Å². The van der Waals surface area contributed by atoms with E-state index in [-0.39, 0.29) is 6.54 Å². The van der Waals surface area contributed by atoms with Gasteiger partial charge in [-0.25, -0.2) is 0 Å². The minimum atomic E-state index is -0.727. The number of likely N-dealkylation sites (tertiary alicyclic amines) is 1. The number of hydrogen-bond donors (Lipinski definition) is 1. The smallest absolute Gasteiger partial charge is 0.317 e. The van der Waals surface area contributed by atoms with E-state index in [2.05, 4.69) is 35.8 Å². The third-order valence-corrected chi connectivity index (χ3v) is 5.36. The molecule has 5 heteroatoms. The van der Waals surface area contributed by atoms with E-state index in [9.17, 15) is 4.79 Å². The second kappa shape index (κ2) is 8.69. The maximum atomic E-state index is 10.7. The van der Waals surface area contributed by atoms with Crippen molar-refractivity contribution in [3.63, 3.8) is 0 Å². The van der Waals surface area contributed by atoms with Gasteiger partial charge in [-0.05, 0) is 74.9 Å². The van der Waals surface area contributed by atoms with E-state index in [1.807, 2.05) is 17.0 Å². The summed E-state index contributed by atoms with van der Waals surface area (Å²) in [5, 5.41) is 8.83. The molecule has 0 saturated carbocycles. The molecule has 1 aliphatic heterocycles. The third-order valence-electron chi connectivity index (χ3n) is 4.47. The van der Waals surface area contributed by atoms with Gasteiger partial charge in [-0.3, -0.25) is 9.69 Å². The fourth-order valence-corrected chi connectivity index (χ4v) is 3.40. The zero-order valence-corrected chi connectivity index (χ0v) is 15.5. The molecule has 1 aromatic carbocycles. The molecular weight excluding hydrogens is 358 g/mol. The number of carboxylic acid groups (broad SMARTS) is 1. The van der Waals surface area contributed by atoms with Crippen molar-refractivity contribution in [3.8, 4) is 5.75 Å². The number of halogens is 1. The van der Waals surface area contributed by atoms with E-state index in [4.69, 9.17) is 9.84 Å². The van der Waals surface area contributed by atoms with Gasteiger partial charge >= 0.3 is 5.97 Å². The average molecular weight is 384 g/mol. The van der Waals surface area contributed by atoms with E-state index in [0.29, 0.717) is 11.8 Å². The number of nitrogens with zero attached hydrogens (tertiary/aromatic N) is 1. The molecule has 1 N–H and O–H groups in total. The third kappa shape index (κ3) is 6.15. The van der Waals surface area contributed by atoms with E-state index in [0.717, 1.165) is 49.2 Å². The van der Waals surface area contributed by atoms with Gasteiger partial charge in [0.2, 0.25) is 0 Å². The van der Waals surface area contributed by atoms with Gasteiger partial charge in [-0.15, -0.1) is 0 Å². The van der Waals surface area contributed by atoms with Gasteiger partial charge in [0.25, 0.3) is 0 Å². The number of aliphatic carboxylic acids is 1. The Hall–Kier alpha value is -1.07. The summed E-state index contributed by atoms with van der Waals surface area (Å²) >= 11 is 3.50. The molecule has 2 rings (SSSR count). The second-order valence-electron chi connectivity index (χ2n) is 6.68. The quantitative estimate of drug-likeness (QED) is 0.773. The summed E-state index contributed by atoms with van der Waals surface area (Å²) in [5.74, 6) is 1.39. The van der Waals surface area contributed by atoms with Crippen molar-refractivity contribution < 1.29 is 14.6 Å². The van der Waals surface area contributed by atoms with E-state index < -0.39 is 5.97 Å². The lowest BCUT2D eigenvalue weighted by atomic mass is 9.88. The maximum absolute atomic E-state index is 10.7. The molecule has 0 bridgehead atoms. The maximum Gasteiger partial charge on any atom is 0.317 e. The minimum Gasteiger partial charge on any atom is -0.493 e. The molecule has 0 aromatic heterocycles. The van der Waals surface area contributed by atoms with Crippen molar-refractivity contribution in [3.05, 3.63) is 28.2 Å². The molecule has 1 heterocycles. The predicted molar refractivity (Wildman–Crippen MR) is 95.0 cm³/mol. The number of aryl methyl sites for hydroxylation is 1. The monoisotopic (exact) mass is 383 g/mol. The number of rotatable bonds is 7. The number of piperidine rings is 1. The van der Waals surface area contributed by atoms with Crippen LogP contribution in [-0.2, 0) is 4.79 Å². The first-order valence-electron chi connectivity index (χ1n) is 8.27. The number of carboxylic acids is 1. The molecule has 4 nitrogen and oxygen atoms in total. The highest BCUT2D eigenvalue weighted by molar-refractivity contribution is 9.10. The van der Waals surface area contributed by atoms with Crippen molar-refractivity contribution in [2.75, 3.05) is 26.2 Å². The van der Waals surface area contributed by atoms with Crippen LogP contribution in [0.25, 0.3) is 0 Å². The Bertz CT molecular complexity index is 527. The van der Waals surface area contributed by atoms with Gasteiger partial charge in [0.1, 0.15) is 5.75 Å². The number of carbonyl (C=O) groups is 1. The van der Waals surface area contributed by atoms with E-state index in [1.54, 1.807) is 0 Å². The molecule has 0 radical (unpaired) electrons. The molecule has 0 unspecified atom stereocenters. The Morgan fingerprint density at radius 2 is 2.13 bits per heavy atom. The zero-order chi connectivity index (χ0) is 16.8. The summed E-state index contributed by atoms with van der Waals surface area (Å²) in [4.78, 5) is 12.8. The topological polar surface area (TPSA) is 49.8 Å². The lowest BCUT2D eigenvalue weighted by Gasteiger charge is -2.32. The Morgan fingerprint density at radius 3 is 2.74 bits per heavy atom. The molecule has 0 aliphatic carbocycles.